The molecule has 21 heavy (non-hydrogen) atoms. The second-order valence-electron chi connectivity index (χ2n) is 4.63. The Balaban J connectivity index is 2.04. The van der Waals surface area contributed by atoms with Gasteiger partial charge in [-0.25, -0.2) is 17.5 Å². The van der Waals surface area contributed by atoms with E-state index in [9.17, 15) is 12.8 Å². The third-order valence-electron chi connectivity index (χ3n) is 3.10. The SMILES string of the molecule is Cc1cc(F)ccc1CCNS(=O)(=O)c1cnccc1N. The summed E-state index contributed by atoms with van der Waals surface area (Å²) in [5, 5.41) is 0. The topological polar surface area (TPSA) is 85.1 Å². The van der Waals surface area contributed by atoms with Gasteiger partial charge in [-0.15, -0.1) is 0 Å². The van der Waals surface area contributed by atoms with Gasteiger partial charge in [-0.2, -0.15) is 0 Å². The monoisotopic (exact) mass is 309 g/mol. The molecule has 0 atom stereocenters. The first-order chi connectivity index (χ1) is 9.90. The molecule has 0 spiro atoms. The van der Waals surface area contributed by atoms with Crippen LogP contribution in [-0.2, 0) is 16.4 Å². The lowest BCUT2D eigenvalue weighted by Crippen LogP contribution is -2.27. The van der Waals surface area contributed by atoms with Crippen molar-refractivity contribution in [2.45, 2.75) is 18.2 Å². The van der Waals surface area contributed by atoms with Gasteiger partial charge in [0.25, 0.3) is 0 Å². The fraction of sp³-hybridized carbons (Fsp3) is 0.214. The van der Waals surface area contributed by atoms with Crippen LogP contribution in [0.15, 0.2) is 41.6 Å². The molecule has 1 aromatic heterocycles. The Labute approximate surface area is 123 Å². The van der Waals surface area contributed by atoms with Crippen LogP contribution >= 0.6 is 0 Å². The highest BCUT2D eigenvalue weighted by molar-refractivity contribution is 7.89. The molecule has 7 heteroatoms. The molecule has 0 bridgehead atoms. The third kappa shape index (κ3) is 3.77. The molecule has 0 saturated heterocycles. The van der Waals surface area contributed by atoms with Crippen LogP contribution < -0.4 is 10.5 Å². The lowest BCUT2D eigenvalue weighted by Gasteiger charge is -2.09. The average Bonchev–Trinajstić information content (AvgIpc) is 2.41. The number of hydrogen-bond acceptors (Lipinski definition) is 4. The number of nitrogens with one attached hydrogen (secondary N) is 1. The summed E-state index contributed by atoms with van der Waals surface area (Å²) in [7, 11) is -3.69. The largest absolute Gasteiger partial charge is 0.398 e. The summed E-state index contributed by atoms with van der Waals surface area (Å²) in [6, 6.07) is 5.86. The summed E-state index contributed by atoms with van der Waals surface area (Å²) < 4.78 is 39.6. The van der Waals surface area contributed by atoms with E-state index in [0.717, 1.165) is 11.1 Å². The Hall–Kier alpha value is -1.99. The predicted octanol–water partition coefficient (Wildman–Crippen LogP) is 1.63. The van der Waals surface area contributed by atoms with Crippen molar-refractivity contribution in [2.75, 3.05) is 12.3 Å². The minimum Gasteiger partial charge on any atom is -0.398 e. The standard InChI is InChI=1S/C14H16FN3O2S/c1-10-8-12(15)3-2-11(10)4-7-18-21(19,20)14-9-17-6-5-13(14)16/h2-3,5-6,8-9,18H,4,7H2,1H3,(H2,16,17). The van der Waals surface area contributed by atoms with Crippen LogP contribution in [0.4, 0.5) is 10.1 Å². The van der Waals surface area contributed by atoms with Gasteiger partial charge in [-0.3, -0.25) is 4.98 Å². The number of hydrogen-bond donors (Lipinski definition) is 2. The molecule has 2 aromatic rings. The van der Waals surface area contributed by atoms with Crippen LogP contribution in [0, 0.1) is 12.7 Å². The van der Waals surface area contributed by atoms with Crippen molar-refractivity contribution in [1.29, 1.82) is 0 Å². The fourth-order valence-electron chi connectivity index (χ4n) is 1.95. The van der Waals surface area contributed by atoms with E-state index in [2.05, 4.69) is 9.71 Å². The molecule has 0 amide bonds. The highest BCUT2D eigenvalue weighted by atomic mass is 32.2. The smallest absolute Gasteiger partial charge is 0.244 e. The first-order valence-corrected chi connectivity index (χ1v) is 7.82. The zero-order valence-corrected chi connectivity index (χ0v) is 12.3. The van der Waals surface area contributed by atoms with E-state index in [1.165, 1.54) is 30.6 Å². The lowest BCUT2D eigenvalue weighted by atomic mass is 10.1. The molecule has 3 N–H and O–H groups in total. The minimum atomic E-state index is -3.69. The number of sulfonamides is 1. The number of pyridine rings is 1. The molecule has 0 radical (unpaired) electrons. The Bertz CT molecular complexity index is 748. The molecular weight excluding hydrogens is 293 g/mol. The van der Waals surface area contributed by atoms with Gasteiger partial charge in [0.2, 0.25) is 10.0 Å². The molecule has 0 aliphatic heterocycles. The Morgan fingerprint density at radius 1 is 1.33 bits per heavy atom. The second kappa shape index (κ2) is 6.19. The van der Waals surface area contributed by atoms with Gasteiger partial charge in [0.15, 0.2) is 0 Å². The van der Waals surface area contributed by atoms with Gasteiger partial charge >= 0.3 is 0 Å². The lowest BCUT2D eigenvalue weighted by molar-refractivity contribution is 0.581. The van der Waals surface area contributed by atoms with Gasteiger partial charge in [0.05, 0.1) is 5.69 Å². The minimum absolute atomic E-state index is 0.0409. The number of nitrogens with two attached hydrogens (primary N) is 1. The molecule has 1 aromatic carbocycles. The maximum atomic E-state index is 13.0. The zero-order valence-electron chi connectivity index (χ0n) is 11.5. The first-order valence-electron chi connectivity index (χ1n) is 6.34. The van der Waals surface area contributed by atoms with E-state index in [0.29, 0.717) is 6.42 Å². The van der Waals surface area contributed by atoms with Crippen LogP contribution in [-0.4, -0.2) is 19.9 Å². The van der Waals surface area contributed by atoms with Crippen molar-refractivity contribution < 1.29 is 12.8 Å². The highest BCUT2D eigenvalue weighted by Gasteiger charge is 2.16. The van der Waals surface area contributed by atoms with Crippen LogP contribution in [0.2, 0.25) is 0 Å². The number of nitrogens with zero attached hydrogens (tertiary/aromatic N) is 1. The molecule has 112 valence electrons. The Kier molecular flexibility index (Phi) is 4.54. The number of halogens is 1. The van der Waals surface area contributed by atoms with E-state index < -0.39 is 10.0 Å². The molecule has 0 aliphatic carbocycles. The highest BCUT2D eigenvalue weighted by Crippen LogP contribution is 2.16. The van der Waals surface area contributed by atoms with E-state index >= 15 is 0 Å². The van der Waals surface area contributed by atoms with Crippen molar-refractivity contribution in [1.82, 2.24) is 9.71 Å². The molecular formula is C14H16FN3O2S. The molecule has 0 saturated carbocycles. The maximum absolute atomic E-state index is 13.0. The first kappa shape index (κ1) is 15.4. The summed E-state index contributed by atoms with van der Waals surface area (Å²) in [4.78, 5) is 3.72. The number of aryl methyl sites for hydroxylation is 1. The third-order valence-corrected chi connectivity index (χ3v) is 4.60. The van der Waals surface area contributed by atoms with Gasteiger partial charge in [0.1, 0.15) is 10.7 Å². The summed E-state index contributed by atoms with van der Waals surface area (Å²) in [6.45, 7) is 1.98. The van der Waals surface area contributed by atoms with Crippen LogP contribution in [0.5, 0.6) is 0 Å². The summed E-state index contributed by atoms with van der Waals surface area (Å²) >= 11 is 0. The van der Waals surface area contributed by atoms with Crippen molar-refractivity contribution >= 4 is 15.7 Å². The van der Waals surface area contributed by atoms with E-state index in [1.54, 1.807) is 13.0 Å². The number of benzene rings is 1. The average molecular weight is 309 g/mol. The number of nitrogen functional groups attached to an aromatic ring is 1. The van der Waals surface area contributed by atoms with E-state index in [-0.39, 0.29) is 22.9 Å². The molecule has 0 aliphatic rings. The zero-order chi connectivity index (χ0) is 15.5. The molecule has 0 unspecified atom stereocenters. The summed E-state index contributed by atoms with van der Waals surface area (Å²) in [5.41, 5.74) is 7.45. The van der Waals surface area contributed by atoms with Gasteiger partial charge < -0.3 is 5.73 Å². The number of anilines is 1. The van der Waals surface area contributed by atoms with Gasteiger partial charge in [-0.1, -0.05) is 6.07 Å². The molecule has 5 nitrogen and oxygen atoms in total. The second-order valence-corrected chi connectivity index (χ2v) is 6.37. The van der Waals surface area contributed by atoms with Crippen LogP contribution in [0.3, 0.4) is 0 Å². The van der Waals surface area contributed by atoms with Gasteiger partial charge in [-0.05, 0) is 42.7 Å². The van der Waals surface area contributed by atoms with E-state index in [4.69, 9.17) is 5.73 Å². The predicted molar refractivity (Wildman–Crippen MR) is 78.7 cm³/mol. The van der Waals surface area contributed by atoms with Crippen LogP contribution in [0.1, 0.15) is 11.1 Å². The molecule has 2 rings (SSSR count). The molecule has 0 fully saturated rings. The van der Waals surface area contributed by atoms with Crippen molar-refractivity contribution in [3.05, 3.63) is 53.6 Å². The Morgan fingerprint density at radius 2 is 2.10 bits per heavy atom. The molecule has 1 heterocycles. The van der Waals surface area contributed by atoms with Crippen LogP contribution in [0.25, 0.3) is 0 Å². The summed E-state index contributed by atoms with van der Waals surface area (Å²) in [5.74, 6) is -0.306. The Morgan fingerprint density at radius 3 is 2.76 bits per heavy atom. The maximum Gasteiger partial charge on any atom is 0.244 e. The van der Waals surface area contributed by atoms with Gasteiger partial charge in [0, 0.05) is 18.9 Å². The number of rotatable bonds is 5. The number of aromatic nitrogens is 1. The van der Waals surface area contributed by atoms with Crippen molar-refractivity contribution in [3.8, 4) is 0 Å². The van der Waals surface area contributed by atoms with Crippen molar-refractivity contribution in [3.63, 3.8) is 0 Å². The summed E-state index contributed by atoms with van der Waals surface area (Å²) in [6.07, 6.45) is 3.10. The quantitative estimate of drug-likeness (QED) is 0.879. The fourth-order valence-corrected chi connectivity index (χ4v) is 3.06. The normalized spacial score (nSPS) is 11.5. The van der Waals surface area contributed by atoms with Crippen molar-refractivity contribution in [2.24, 2.45) is 0 Å². The van der Waals surface area contributed by atoms with E-state index in [1.807, 2.05) is 0 Å².